The summed E-state index contributed by atoms with van der Waals surface area (Å²) in [6.45, 7) is 2.12. The van der Waals surface area contributed by atoms with Gasteiger partial charge in [-0.3, -0.25) is 4.90 Å². The minimum absolute atomic E-state index is 0.115. The van der Waals surface area contributed by atoms with E-state index in [0.29, 0.717) is 13.2 Å². The van der Waals surface area contributed by atoms with E-state index in [1.807, 2.05) is 0 Å². The van der Waals surface area contributed by atoms with Gasteiger partial charge >= 0.3 is 0 Å². The third-order valence-electron chi connectivity index (χ3n) is 5.21. The van der Waals surface area contributed by atoms with Gasteiger partial charge in [0.05, 0.1) is 25.4 Å². The van der Waals surface area contributed by atoms with Crippen LogP contribution in [0, 0.1) is 0 Å². The number of fused-ring (bicyclic) bond motifs is 1. The first-order valence-electron chi connectivity index (χ1n) is 9.00. The van der Waals surface area contributed by atoms with E-state index < -0.39 is 6.10 Å². The van der Waals surface area contributed by atoms with Gasteiger partial charge in [-0.15, -0.1) is 0 Å². The second-order valence-electron chi connectivity index (χ2n) is 6.89. The summed E-state index contributed by atoms with van der Waals surface area (Å²) in [7, 11) is 0. The van der Waals surface area contributed by atoms with Crippen LogP contribution in [0.4, 0.5) is 0 Å². The van der Waals surface area contributed by atoms with Gasteiger partial charge in [-0.25, -0.2) is 0 Å². The summed E-state index contributed by atoms with van der Waals surface area (Å²) < 4.78 is 6.04. The summed E-state index contributed by atoms with van der Waals surface area (Å²) in [5.41, 5.74) is 2.67. The average Bonchev–Trinajstić information content (AvgIpc) is 2.60. The van der Waals surface area contributed by atoms with Crippen molar-refractivity contribution in [1.29, 1.82) is 0 Å². The van der Waals surface area contributed by atoms with Crippen molar-refractivity contribution in [3.63, 3.8) is 0 Å². The Morgan fingerprint density at radius 3 is 2.91 bits per heavy atom. The Morgan fingerprint density at radius 2 is 2.04 bits per heavy atom. The van der Waals surface area contributed by atoms with E-state index in [1.165, 1.54) is 17.5 Å². The highest BCUT2D eigenvalue weighted by Crippen LogP contribution is 2.32. The summed E-state index contributed by atoms with van der Waals surface area (Å²) in [6, 6.07) is 8.69. The zero-order valence-electron chi connectivity index (χ0n) is 13.9. The van der Waals surface area contributed by atoms with Crippen molar-refractivity contribution >= 4 is 0 Å². The minimum Gasteiger partial charge on any atom is -0.395 e. The fourth-order valence-electron chi connectivity index (χ4n) is 3.94. The van der Waals surface area contributed by atoms with Crippen molar-refractivity contribution < 1.29 is 14.9 Å². The predicted molar refractivity (Wildman–Crippen MR) is 90.4 cm³/mol. The van der Waals surface area contributed by atoms with E-state index >= 15 is 0 Å². The van der Waals surface area contributed by atoms with E-state index in [9.17, 15) is 10.2 Å². The topological polar surface area (TPSA) is 52.9 Å². The van der Waals surface area contributed by atoms with Gasteiger partial charge < -0.3 is 14.9 Å². The van der Waals surface area contributed by atoms with Gasteiger partial charge in [0.2, 0.25) is 0 Å². The molecule has 23 heavy (non-hydrogen) atoms. The van der Waals surface area contributed by atoms with Crippen molar-refractivity contribution in [3.05, 3.63) is 35.4 Å². The second kappa shape index (κ2) is 8.25. The van der Waals surface area contributed by atoms with Gasteiger partial charge in [-0.1, -0.05) is 30.7 Å². The molecule has 3 rings (SSSR count). The van der Waals surface area contributed by atoms with Gasteiger partial charge in [0, 0.05) is 12.6 Å². The molecule has 0 spiro atoms. The van der Waals surface area contributed by atoms with Crippen molar-refractivity contribution in [2.24, 2.45) is 0 Å². The molecule has 0 bridgehead atoms. The standard InChI is InChI=1S/C19H29NO3/c21-13-16-8-3-4-11-20(16)12-17(22)14-23-19-10-5-7-15-6-1-2-9-18(15)19/h1-2,6,9,16-17,19,21-22H,3-5,7-8,10-14H2/t16-,17?,19?/m1/s1. The zero-order chi connectivity index (χ0) is 16.1. The molecule has 0 amide bonds. The number of ether oxygens (including phenoxy) is 1. The number of rotatable bonds is 6. The predicted octanol–water partition coefficient (Wildman–Crippen LogP) is 2.29. The highest BCUT2D eigenvalue weighted by atomic mass is 16.5. The van der Waals surface area contributed by atoms with Gasteiger partial charge in [0.15, 0.2) is 0 Å². The van der Waals surface area contributed by atoms with Crippen LogP contribution in [-0.4, -0.2) is 53.6 Å². The molecule has 1 saturated heterocycles. The van der Waals surface area contributed by atoms with Crippen LogP contribution in [0.3, 0.4) is 0 Å². The fraction of sp³-hybridized carbons (Fsp3) is 0.684. The second-order valence-corrected chi connectivity index (χ2v) is 6.89. The molecule has 3 atom stereocenters. The normalized spacial score (nSPS) is 26.7. The van der Waals surface area contributed by atoms with Crippen LogP contribution in [0.15, 0.2) is 24.3 Å². The zero-order valence-corrected chi connectivity index (χ0v) is 13.9. The van der Waals surface area contributed by atoms with Crippen LogP contribution in [-0.2, 0) is 11.2 Å². The Morgan fingerprint density at radius 1 is 1.17 bits per heavy atom. The lowest BCUT2D eigenvalue weighted by Gasteiger charge is -2.36. The van der Waals surface area contributed by atoms with Crippen LogP contribution < -0.4 is 0 Å². The smallest absolute Gasteiger partial charge is 0.0900 e. The minimum atomic E-state index is -0.490. The largest absolute Gasteiger partial charge is 0.395 e. The Hall–Kier alpha value is -0.940. The number of nitrogens with zero attached hydrogens (tertiary/aromatic N) is 1. The molecular formula is C19H29NO3. The lowest BCUT2D eigenvalue weighted by atomic mass is 9.89. The van der Waals surface area contributed by atoms with Crippen LogP contribution in [0.5, 0.6) is 0 Å². The number of hydrogen-bond acceptors (Lipinski definition) is 4. The van der Waals surface area contributed by atoms with Crippen LogP contribution in [0.2, 0.25) is 0 Å². The van der Waals surface area contributed by atoms with Crippen molar-refractivity contribution in [1.82, 2.24) is 4.90 Å². The summed E-state index contributed by atoms with van der Waals surface area (Å²) in [5, 5.41) is 19.8. The maximum atomic E-state index is 10.3. The van der Waals surface area contributed by atoms with E-state index in [2.05, 4.69) is 29.2 Å². The molecule has 128 valence electrons. The molecule has 4 nitrogen and oxygen atoms in total. The summed E-state index contributed by atoms with van der Waals surface area (Å²) >= 11 is 0. The number of benzene rings is 1. The Balaban J connectivity index is 1.50. The third kappa shape index (κ3) is 4.32. The maximum absolute atomic E-state index is 10.3. The van der Waals surface area contributed by atoms with Crippen molar-refractivity contribution in [2.75, 3.05) is 26.3 Å². The number of likely N-dealkylation sites (tertiary alicyclic amines) is 1. The van der Waals surface area contributed by atoms with E-state index in [4.69, 9.17) is 4.74 Å². The highest BCUT2D eigenvalue weighted by molar-refractivity contribution is 5.31. The van der Waals surface area contributed by atoms with Crippen LogP contribution in [0.25, 0.3) is 0 Å². The molecule has 2 unspecified atom stereocenters. The lowest BCUT2D eigenvalue weighted by Crippen LogP contribution is -2.46. The molecule has 1 aromatic rings. The SMILES string of the molecule is OC[C@H]1CCCCN1CC(O)COC1CCCc2ccccc21. The average molecular weight is 319 g/mol. The van der Waals surface area contributed by atoms with Crippen molar-refractivity contribution in [3.8, 4) is 0 Å². The van der Waals surface area contributed by atoms with E-state index in [1.54, 1.807) is 0 Å². The first-order valence-corrected chi connectivity index (χ1v) is 9.00. The number of piperidine rings is 1. The van der Waals surface area contributed by atoms with Crippen LogP contribution in [0.1, 0.15) is 49.3 Å². The molecule has 1 fully saturated rings. The molecule has 1 aromatic carbocycles. The number of β-amino-alcohol motifs (C(OH)–C–C–N with tert-alkyl or cyclic N) is 1. The number of aliphatic hydroxyl groups is 2. The fourth-order valence-corrected chi connectivity index (χ4v) is 3.94. The first kappa shape index (κ1) is 16.9. The number of hydrogen-bond donors (Lipinski definition) is 2. The van der Waals surface area contributed by atoms with Gasteiger partial charge in [-0.2, -0.15) is 0 Å². The molecule has 0 saturated carbocycles. The Kier molecular flexibility index (Phi) is 6.06. The van der Waals surface area contributed by atoms with Crippen molar-refractivity contribution in [2.45, 2.75) is 56.8 Å². The molecular weight excluding hydrogens is 290 g/mol. The van der Waals surface area contributed by atoms with Gasteiger partial charge in [0.1, 0.15) is 0 Å². The monoisotopic (exact) mass is 319 g/mol. The molecule has 0 aromatic heterocycles. The molecule has 2 aliphatic rings. The highest BCUT2D eigenvalue weighted by Gasteiger charge is 2.25. The summed E-state index contributed by atoms with van der Waals surface area (Å²) in [4.78, 5) is 2.21. The van der Waals surface area contributed by atoms with Crippen LogP contribution >= 0.6 is 0 Å². The van der Waals surface area contributed by atoms with E-state index in [-0.39, 0.29) is 18.8 Å². The lowest BCUT2D eigenvalue weighted by molar-refractivity contribution is -0.0389. The first-order chi connectivity index (χ1) is 11.3. The Labute approximate surface area is 139 Å². The molecule has 4 heteroatoms. The quantitative estimate of drug-likeness (QED) is 0.845. The molecule has 0 radical (unpaired) electrons. The van der Waals surface area contributed by atoms with E-state index in [0.717, 1.165) is 38.6 Å². The molecule has 1 heterocycles. The maximum Gasteiger partial charge on any atom is 0.0900 e. The number of aryl methyl sites for hydroxylation is 1. The molecule has 1 aliphatic heterocycles. The number of aliphatic hydroxyl groups excluding tert-OH is 2. The summed E-state index contributed by atoms with van der Waals surface area (Å²) in [6.07, 6.45) is 6.29. The third-order valence-corrected chi connectivity index (χ3v) is 5.21. The Bertz CT molecular complexity index is 493. The van der Waals surface area contributed by atoms with Gasteiger partial charge in [-0.05, 0) is 49.8 Å². The summed E-state index contributed by atoms with van der Waals surface area (Å²) in [5.74, 6) is 0. The molecule has 2 N–H and O–H groups in total. The van der Waals surface area contributed by atoms with Gasteiger partial charge in [0.25, 0.3) is 0 Å². The molecule has 1 aliphatic carbocycles.